The van der Waals surface area contributed by atoms with E-state index in [1.807, 2.05) is 12.1 Å². The molecule has 0 fully saturated rings. The number of carbonyl (C=O) groups excluding carboxylic acids is 1. The van der Waals surface area contributed by atoms with Crippen LogP contribution in [-0.2, 0) is 12.8 Å². The molecule has 0 saturated carbocycles. The number of aryl methyl sites for hydroxylation is 2. The Bertz CT molecular complexity index is 868. The van der Waals surface area contributed by atoms with Crippen molar-refractivity contribution in [2.45, 2.75) is 51.4 Å². The van der Waals surface area contributed by atoms with Crippen molar-refractivity contribution in [1.82, 2.24) is 0 Å². The molecule has 2 aromatic rings. The van der Waals surface area contributed by atoms with Crippen LogP contribution in [0.15, 0.2) is 60.7 Å². The van der Waals surface area contributed by atoms with Crippen LogP contribution in [0.2, 0.25) is 0 Å². The van der Waals surface area contributed by atoms with Gasteiger partial charge in [-0.1, -0.05) is 67.6 Å². The Hall–Kier alpha value is -2.41. The van der Waals surface area contributed by atoms with E-state index >= 15 is 0 Å². The second kappa shape index (κ2) is 7.45. The number of rotatable bonds is 5. The van der Waals surface area contributed by atoms with Crippen molar-refractivity contribution in [3.63, 3.8) is 0 Å². The van der Waals surface area contributed by atoms with Crippen molar-refractivity contribution in [3.05, 3.63) is 88.5 Å². The molecular formula is C25H26O. The van der Waals surface area contributed by atoms with Crippen LogP contribution < -0.4 is 0 Å². The van der Waals surface area contributed by atoms with Gasteiger partial charge in [-0.15, -0.1) is 0 Å². The van der Waals surface area contributed by atoms with Crippen LogP contribution in [0, 0.1) is 0 Å². The van der Waals surface area contributed by atoms with Crippen molar-refractivity contribution in [2.75, 3.05) is 0 Å². The van der Waals surface area contributed by atoms with Crippen molar-refractivity contribution in [2.24, 2.45) is 0 Å². The molecule has 0 bridgehead atoms. The normalized spacial score (nSPS) is 18.5. The molecule has 132 valence electrons. The van der Waals surface area contributed by atoms with E-state index in [4.69, 9.17) is 0 Å². The summed E-state index contributed by atoms with van der Waals surface area (Å²) in [6.45, 7) is 2.32. The summed E-state index contributed by atoms with van der Waals surface area (Å²) >= 11 is 0. The molecule has 0 heterocycles. The minimum absolute atomic E-state index is 0.237. The van der Waals surface area contributed by atoms with E-state index in [2.05, 4.69) is 55.5 Å². The molecule has 2 aliphatic carbocycles. The topological polar surface area (TPSA) is 17.1 Å². The van der Waals surface area contributed by atoms with Crippen LogP contribution in [0.5, 0.6) is 0 Å². The number of fused-ring (bicyclic) bond motifs is 1. The molecule has 1 atom stereocenters. The van der Waals surface area contributed by atoms with E-state index in [0.29, 0.717) is 12.3 Å². The van der Waals surface area contributed by atoms with Crippen molar-refractivity contribution < 1.29 is 4.79 Å². The second-order valence-corrected chi connectivity index (χ2v) is 7.65. The van der Waals surface area contributed by atoms with Gasteiger partial charge in [-0.2, -0.15) is 0 Å². The molecule has 2 aromatic carbocycles. The third-order valence-electron chi connectivity index (χ3n) is 5.81. The fourth-order valence-corrected chi connectivity index (χ4v) is 4.17. The predicted octanol–water partition coefficient (Wildman–Crippen LogP) is 6.29. The first kappa shape index (κ1) is 17.0. The number of carbonyl (C=O) groups is 1. The SMILES string of the molecule is CC1CCCc2ccc(CCC(=O)c3ccc(C4=CC=CC4)cc3)cc21. The van der Waals surface area contributed by atoms with Gasteiger partial charge in [-0.3, -0.25) is 4.79 Å². The lowest BCUT2D eigenvalue weighted by Crippen LogP contribution is -2.08. The largest absolute Gasteiger partial charge is 0.294 e. The lowest BCUT2D eigenvalue weighted by atomic mass is 9.82. The summed E-state index contributed by atoms with van der Waals surface area (Å²) in [4.78, 5) is 12.6. The van der Waals surface area contributed by atoms with E-state index in [-0.39, 0.29) is 5.78 Å². The van der Waals surface area contributed by atoms with Gasteiger partial charge in [0.15, 0.2) is 5.78 Å². The van der Waals surface area contributed by atoms with Crippen molar-refractivity contribution in [3.8, 4) is 0 Å². The highest BCUT2D eigenvalue weighted by Crippen LogP contribution is 2.32. The Kier molecular flexibility index (Phi) is 4.88. The van der Waals surface area contributed by atoms with Gasteiger partial charge in [-0.05, 0) is 65.8 Å². The van der Waals surface area contributed by atoms with Gasteiger partial charge in [0.1, 0.15) is 0 Å². The number of hydrogen-bond acceptors (Lipinski definition) is 1. The minimum Gasteiger partial charge on any atom is -0.294 e. The number of ketones is 1. The zero-order valence-electron chi connectivity index (χ0n) is 15.5. The molecule has 0 aromatic heterocycles. The van der Waals surface area contributed by atoms with Gasteiger partial charge in [0.25, 0.3) is 0 Å². The van der Waals surface area contributed by atoms with Crippen LogP contribution >= 0.6 is 0 Å². The molecule has 0 saturated heterocycles. The van der Waals surface area contributed by atoms with Gasteiger partial charge in [0.2, 0.25) is 0 Å². The fraction of sp³-hybridized carbons (Fsp3) is 0.320. The molecule has 0 radical (unpaired) electrons. The lowest BCUT2D eigenvalue weighted by Gasteiger charge is -2.23. The molecule has 0 spiro atoms. The second-order valence-electron chi connectivity index (χ2n) is 7.65. The molecule has 26 heavy (non-hydrogen) atoms. The Labute approximate surface area is 156 Å². The third kappa shape index (κ3) is 3.58. The first-order chi connectivity index (χ1) is 12.7. The number of Topliss-reactive ketones (excluding diaryl/α,β-unsaturated/α-hetero) is 1. The molecule has 2 aliphatic rings. The van der Waals surface area contributed by atoms with E-state index < -0.39 is 0 Å². The quantitative estimate of drug-likeness (QED) is 0.584. The maximum atomic E-state index is 12.6. The maximum Gasteiger partial charge on any atom is 0.163 e. The third-order valence-corrected chi connectivity index (χ3v) is 5.81. The molecule has 4 rings (SSSR count). The maximum absolute atomic E-state index is 12.6. The molecule has 1 nitrogen and oxygen atoms in total. The summed E-state index contributed by atoms with van der Waals surface area (Å²) in [5.74, 6) is 0.891. The first-order valence-electron chi connectivity index (χ1n) is 9.82. The Balaban J connectivity index is 1.40. The van der Waals surface area contributed by atoms with Crippen molar-refractivity contribution in [1.29, 1.82) is 0 Å². The zero-order chi connectivity index (χ0) is 17.9. The van der Waals surface area contributed by atoms with Crippen LogP contribution in [0.25, 0.3) is 5.57 Å². The average molecular weight is 342 g/mol. The molecule has 1 unspecified atom stereocenters. The highest BCUT2D eigenvalue weighted by Gasteiger charge is 2.17. The van der Waals surface area contributed by atoms with Gasteiger partial charge >= 0.3 is 0 Å². The summed E-state index contributed by atoms with van der Waals surface area (Å²) in [6, 6.07) is 14.9. The van der Waals surface area contributed by atoms with E-state index in [1.165, 1.54) is 47.1 Å². The molecule has 0 N–H and O–H groups in total. The number of hydrogen-bond donors (Lipinski definition) is 0. The van der Waals surface area contributed by atoms with Crippen LogP contribution in [0.1, 0.15) is 71.1 Å². The van der Waals surface area contributed by atoms with Gasteiger partial charge in [0, 0.05) is 12.0 Å². The summed E-state index contributed by atoms with van der Waals surface area (Å²) in [6.07, 6.45) is 12.6. The highest BCUT2D eigenvalue weighted by atomic mass is 16.1. The van der Waals surface area contributed by atoms with Crippen LogP contribution in [0.3, 0.4) is 0 Å². The molecule has 1 heteroatoms. The highest BCUT2D eigenvalue weighted by molar-refractivity contribution is 5.96. The van der Waals surface area contributed by atoms with Gasteiger partial charge in [-0.25, -0.2) is 0 Å². The lowest BCUT2D eigenvalue weighted by molar-refractivity contribution is 0.0983. The average Bonchev–Trinajstić information content (AvgIpc) is 3.21. The summed E-state index contributed by atoms with van der Waals surface area (Å²) in [5.41, 5.74) is 7.67. The van der Waals surface area contributed by atoms with Crippen LogP contribution in [-0.4, -0.2) is 5.78 Å². The first-order valence-corrected chi connectivity index (χ1v) is 9.82. The van der Waals surface area contributed by atoms with E-state index in [1.54, 1.807) is 0 Å². The number of benzene rings is 2. The van der Waals surface area contributed by atoms with E-state index in [9.17, 15) is 4.79 Å². The predicted molar refractivity (Wildman–Crippen MR) is 109 cm³/mol. The van der Waals surface area contributed by atoms with E-state index in [0.717, 1.165) is 18.4 Å². The van der Waals surface area contributed by atoms with Crippen molar-refractivity contribution >= 4 is 11.4 Å². The Morgan fingerprint density at radius 3 is 2.73 bits per heavy atom. The van der Waals surface area contributed by atoms with Gasteiger partial charge in [0.05, 0.1) is 0 Å². The fourth-order valence-electron chi connectivity index (χ4n) is 4.17. The Morgan fingerprint density at radius 2 is 1.96 bits per heavy atom. The molecule has 0 aliphatic heterocycles. The summed E-state index contributed by atoms with van der Waals surface area (Å²) < 4.78 is 0. The number of allylic oxidation sites excluding steroid dienone is 4. The standard InChI is InChI=1S/C25H26O/c1-18-5-4-8-22-11-9-19(17-24(18)22)10-16-25(26)23-14-12-21(13-15-23)20-6-2-3-7-20/h2-3,6,9,11-15,17-18H,4-5,7-8,10,16H2,1H3. The Morgan fingerprint density at radius 1 is 1.12 bits per heavy atom. The van der Waals surface area contributed by atoms with Gasteiger partial charge < -0.3 is 0 Å². The minimum atomic E-state index is 0.237. The monoisotopic (exact) mass is 342 g/mol. The molecular weight excluding hydrogens is 316 g/mol. The smallest absolute Gasteiger partial charge is 0.163 e. The molecule has 0 amide bonds. The summed E-state index contributed by atoms with van der Waals surface area (Å²) in [7, 11) is 0. The van der Waals surface area contributed by atoms with Crippen LogP contribution in [0.4, 0.5) is 0 Å². The zero-order valence-corrected chi connectivity index (χ0v) is 15.5. The summed E-state index contributed by atoms with van der Waals surface area (Å²) in [5, 5.41) is 0.